The summed E-state index contributed by atoms with van der Waals surface area (Å²) in [4.78, 5) is 10.9. The van der Waals surface area contributed by atoms with Crippen LogP contribution < -0.4 is 0 Å². The van der Waals surface area contributed by atoms with E-state index < -0.39 is 6.16 Å². The van der Waals surface area contributed by atoms with Crippen LogP contribution in [0, 0.1) is 0 Å². The van der Waals surface area contributed by atoms with Crippen molar-refractivity contribution in [3.8, 4) is 0 Å². The number of carbonyl (C=O) groups is 1. The molecule has 14 heavy (non-hydrogen) atoms. The fraction of sp³-hybridized carbons (Fsp3) is 0.727. The monoisotopic (exact) mass is 200 g/mol. The van der Waals surface area contributed by atoms with Gasteiger partial charge in [0.2, 0.25) is 0 Å². The molecule has 0 radical (unpaired) electrons. The summed E-state index contributed by atoms with van der Waals surface area (Å²) in [5, 5.41) is 0. The van der Waals surface area contributed by atoms with E-state index >= 15 is 0 Å². The van der Waals surface area contributed by atoms with Crippen LogP contribution >= 0.6 is 0 Å². The summed E-state index contributed by atoms with van der Waals surface area (Å²) in [7, 11) is 1.32. The van der Waals surface area contributed by atoms with Gasteiger partial charge in [0, 0.05) is 0 Å². The molecule has 1 atom stereocenters. The highest BCUT2D eigenvalue weighted by molar-refractivity contribution is 5.60. The zero-order valence-corrected chi connectivity index (χ0v) is 9.50. The number of ether oxygens (including phenoxy) is 2. The van der Waals surface area contributed by atoms with Gasteiger partial charge < -0.3 is 9.47 Å². The number of hydrogen-bond donors (Lipinski definition) is 0. The Morgan fingerprint density at radius 2 is 2.07 bits per heavy atom. The molecule has 0 fully saturated rings. The van der Waals surface area contributed by atoms with Gasteiger partial charge in [-0.15, -0.1) is 0 Å². The van der Waals surface area contributed by atoms with E-state index in [1.54, 1.807) is 0 Å². The normalized spacial score (nSPS) is 11.7. The third-order valence-corrected chi connectivity index (χ3v) is 1.78. The molecule has 0 saturated carbocycles. The van der Waals surface area contributed by atoms with E-state index in [-0.39, 0.29) is 6.10 Å². The fourth-order valence-corrected chi connectivity index (χ4v) is 1.13. The molecule has 0 aromatic carbocycles. The van der Waals surface area contributed by atoms with Gasteiger partial charge in [0.1, 0.15) is 6.10 Å². The van der Waals surface area contributed by atoms with Crippen LogP contribution in [0.2, 0.25) is 0 Å². The van der Waals surface area contributed by atoms with Crippen molar-refractivity contribution in [1.29, 1.82) is 0 Å². The van der Waals surface area contributed by atoms with Crippen molar-refractivity contribution in [3.05, 3.63) is 11.6 Å². The molecule has 0 aromatic heterocycles. The summed E-state index contributed by atoms with van der Waals surface area (Å²) in [5.41, 5.74) is 1.15. The van der Waals surface area contributed by atoms with Gasteiger partial charge in [-0.25, -0.2) is 4.79 Å². The summed E-state index contributed by atoms with van der Waals surface area (Å²) in [5.74, 6) is 0. The summed E-state index contributed by atoms with van der Waals surface area (Å²) in [6.07, 6.45) is 4.20. The first kappa shape index (κ1) is 13.0. The molecule has 0 rings (SSSR count). The molecule has 0 saturated heterocycles. The van der Waals surface area contributed by atoms with Crippen LogP contribution in [0.4, 0.5) is 4.79 Å². The van der Waals surface area contributed by atoms with Crippen LogP contribution in [0.5, 0.6) is 0 Å². The second kappa shape index (κ2) is 7.42. The number of hydrogen-bond acceptors (Lipinski definition) is 3. The van der Waals surface area contributed by atoms with E-state index in [1.165, 1.54) is 7.11 Å². The Balaban J connectivity index is 4.10. The number of methoxy groups -OCH3 is 1. The highest BCUT2D eigenvalue weighted by Gasteiger charge is 2.11. The number of rotatable bonds is 5. The zero-order chi connectivity index (χ0) is 11.0. The first-order valence-electron chi connectivity index (χ1n) is 4.99. The van der Waals surface area contributed by atoms with E-state index in [4.69, 9.17) is 4.74 Å². The quantitative estimate of drug-likeness (QED) is 0.504. The third kappa shape index (κ3) is 6.52. The van der Waals surface area contributed by atoms with Crippen LogP contribution in [0.3, 0.4) is 0 Å². The average molecular weight is 200 g/mol. The lowest BCUT2D eigenvalue weighted by atomic mass is 10.1. The van der Waals surface area contributed by atoms with Gasteiger partial charge in [0.05, 0.1) is 7.11 Å². The van der Waals surface area contributed by atoms with Crippen LogP contribution in [-0.4, -0.2) is 19.4 Å². The standard InChI is InChI=1S/C11H20O3/c1-5-6-7-10(8-9(2)3)14-11(12)13-4/h8,10H,5-7H2,1-4H3. The van der Waals surface area contributed by atoms with Crippen molar-refractivity contribution in [2.75, 3.05) is 7.11 Å². The molecule has 1 unspecified atom stereocenters. The zero-order valence-electron chi connectivity index (χ0n) is 9.50. The number of unbranched alkanes of at least 4 members (excludes halogenated alkanes) is 1. The van der Waals surface area contributed by atoms with Crippen molar-refractivity contribution >= 4 is 6.16 Å². The summed E-state index contributed by atoms with van der Waals surface area (Å²) < 4.78 is 9.53. The molecule has 3 nitrogen and oxygen atoms in total. The predicted octanol–water partition coefficient (Wildman–Crippen LogP) is 3.29. The van der Waals surface area contributed by atoms with Crippen molar-refractivity contribution in [2.24, 2.45) is 0 Å². The lowest BCUT2D eigenvalue weighted by molar-refractivity contribution is 0.0491. The molecular weight excluding hydrogens is 180 g/mol. The minimum Gasteiger partial charge on any atom is -0.438 e. The third-order valence-electron chi connectivity index (χ3n) is 1.78. The summed E-state index contributed by atoms with van der Waals surface area (Å²) >= 11 is 0. The predicted molar refractivity (Wildman–Crippen MR) is 56.2 cm³/mol. The highest BCUT2D eigenvalue weighted by Crippen LogP contribution is 2.09. The van der Waals surface area contributed by atoms with Gasteiger partial charge in [-0.2, -0.15) is 0 Å². The van der Waals surface area contributed by atoms with Crippen molar-refractivity contribution < 1.29 is 14.3 Å². The van der Waals surface area contributed by atoms with Crippen LogP contribution in [0.15, 0.2) is 11.6 Å². The lowest BCUT2D eigenvalue weighted by Gasteiger charge is -2.13. The molecule has 0 aliphatic heterocycles. The molecule has 0 heterocycles. The van der Waals surface area contributed by atoms with E-state index in [0.717, 1.165) is 24.8 Å². The second-order valence-corrected chi connectivity index (χ2v) is 3.50. The van der Waals surface area contributed by atoms with Crippen molar-refractivity contribution in [2.45, 2.75) is 46.1 Å². The first-order chi connectivity index (χ1) is 6.60. The Bertz CT molecular complexity index is 193. The number of allylic oxidation sites excluding steroid dienone is 1. The van der Waals surface area contributed by atoms with Crippen LogP contribution in [0.25, 0.3) is 0 Å². The van der Waals surface area contributed by atoms with Gasteiger partial charge in [-0.1, -0.05) is 18.9 Å². The lowest BCUT2D eigenvalue weighted by Crippen LogP contribution is -2.16. The molecule has 0 bridgehead atoms. The molecule has 0 aliphatic carbocycles. The van der Waals surface area contributed by atoms with Crippen molar-refractivity contribution in [1.82, 2.24) is 0 Å². The van der Waals surface area contributed by atoms with Gasteiger partial charge in [0.15, 0.2) is 0 Å². The second-order valence-electron chi connectivity index (χ2n) is 3.50. The summed E-state index contributed by atoms with van der Waals surface area (Å²) in [6, 6.07) is 0. The van der Waals surface area contributed by atoms with Crippen LogP contribution in [-0.2, 0) is 9.47 Å². The highest BCUT2D eigenvalue weighted by atomic mass is 16.7. The Kier molecular flexibility index (Phi) is 6.89. The van der Waals surface area contributed by atoms with Gasteiger partial charge in [0.25, 0.3) is 0 Å². The fourth-order valence-electron chi connectivity index (χ4n) is 1.13. The molecular formula is C11H20O3. The van der Waals surface area contributed by atoms with Crippen LogP contribution in [0.1, 0.15) is 40.0 Å². The van der Waals surface area contributed by atoms with E-state index in [9.17, 15) is 4.79 Å². The molecule has 82 valence electrons. The minimum atomic E-state index is -0.608. The number of carbonyl (C=O) groups excluding carboxylic acids is 1. The molecule has 0 N–H and O–H groups in total. The maximum Gasteiger partial charge on any atom is 0.508 e. The maximum atomic E-state index is 10.9. The Hall–Kier alpha value is -0.990. The molecule has 0 spiro atoms. The first-order valence-corrected chi connectivity index (χ1v) is 4.99. The summed E-state index contributed by atoms with van der Waals surface area (Å²) in [6.45, 7) is 6.08. The molecule has 0 aliphatic rings. The maximum absolute atomic E-state index is 10.9. The Labute approximate surface area is 86.1 Å². The Morgan fingerprint density at radius 3 is 2.50 bits per heavy atom. The van der Waals surface area contributed by atoms with Gasteiger partial charge >= 0.3 is 6.16 Å². The smallest absolute Gasteiger partial charge is 0.438 e. The van der Waals surface area contributed by atoms with E-state index in [2.05, 4.69) is 11.7 Å². The molecule has 0 amide bonds. The topological polar surface area (TPSA) is 35.5 Å². The Morgan fingerprint density at radius 1 is 1.43 bits per heavy atom. The van der Waals surface area contributed by atoms with E-state index in [0.29, 0.717) is 0 Å². The van der Waals surface area contributed by atoms with Gasteiger partial charge in [-0.05, 0) is 32.8 Å². The van der Waals surface area contributed by atoms with Crippen molar-refractivity contribution in [3.63, 3.8) is 0 Å². The molecule has 3 heteroatoms. The largest absolute Gasteiger partial charge is 0.508 e. The SMILES string of the molecule is CCCCC(C=C(C)C)OC(=O)OC. The minimum absolute atomic E-state index is 0.146. The van der Waals surface area contributed by atoms with Gasteiger partial charge in [-0.3, -0.25) is 0 Å². The average Bonchev–Trinajstić information content (AvgIpc) is 2.13. The van der Waals surface area contributed by atoms with E-state index in [1.807, 2.05) is 19.9 Å². The molecule has 0 aromatic rings.